The van der Waals surface area contributed by atoms with Crippen LogP contribution in [-0.4, -0.2) is 120 Å². The first kappa shape index (κ1) is 37.8. The van der Waals surface area contributed by atoms with E-state index in [4.69, 9.17) is 11.6 Å². The van der Waals surface area contributed by atoms with Crippen LogP contribution in [0.4, 0.5) is 11.4 Å². The van der Waals surface area contributed by atoms with Gasteiger partial charge in [0, 0.05) is 88.8 Å². The molecule has 0 saturated carbocycles. The van der Waals surface area contributed by atoms with Crippen molar-refractivity contribution in [2.45, 2.75) is 51.2 Å². The SMILES string of the molecule is N#Cc1ccc(N2CCC3(CCN(C(=O)c4ccc(N5CCN(CC(=O)N6Cc7cc8c(cc7C6)C(=O)N(C6CCC(=O)NC6=O)C8=O)CC5)cc4)CC3)C2)cc1Cl. The van der Waals surface area contributed by atoms with Gasteiger partial charge in [-0.05, 0) is 96.8 Å². The molecule has 0 aromatic heterocycles. The molecule has 15 heteroatoms. The lowest BCUT2D eigenvalue weighted by molar-refractivity contribution is -0.136. The van der Waals surface area contributed by atoms with Crippen LogP contribution in [0.3, 0.4) is 0 Å². The molecule has 1 spiro atoms. The van der Waals surface area contributed by atoms with Crippen LogP contribution in [0, 0.1) is 16.7 Å². The van der Waals surface area contributed by atoms with Crippen molar-refractivity contribution in [3.63, 3.8) is 0 Å². The molecule has 0 aliphatic carbocycles. The van der Waals surface area contributed by atoms with Gasteiger partial charge in [-0.2, -0.15) is 5.26 Å². The van der Waals surface area contributed by atoms with E-state index >= 15 is 0 Å². The van der Waals surface area contributed by atoms with E-state index in [1.54, 1.807) is 23.1 Å². The van der Waals surface area contributed by atoms with Gasteiger partial charge >= 0.3 is 0 Å². The van der Waals surface area contributed by atoms with Crippen LogP contribution in [0.2, 0.25) is 5.02 Å². The average molecular weight is 803 g/mol. The Morgan fingerprint density at radius 3 is 2.03 bits per heavy atom. The van der Waals surface area contributed by atoms with E-state index in [0.29, 0.717) is 42.3 Å². The molecule has 1 N–H and O–H groups in total. The third kappa shape index (κ3) is 6.86. The fraction of sp³-hybridized carbons (Fsp3) is 0.419. The van der Waals surface area contributed by atoms with E-state index in [1.807, 2.05) is 41.3 Å². The lowest BCUT2D eigenvalue weighted by atomic mass is 9.77. The summed E-state index contributed by atoms with van der Waals surface area (Å²) in [4.78, 5) is 89.0. The average Bonchev–Trinajstić information content (AvgIpc) is 3.91. The molecule has 3 aromatic carbocycles. The number of amides is 6. The second kappa shape index (κ2) is 14.9. The third-order valence-electron chi connectivity index (χ3n) is 13.0. The smallest absolute Gasteiger partial charge is 0.262 e. The largest absolute Gasteiger partial charge is 0.371 e. The zero-order valence-electron chi connectivity index (χ0n) is 32.0. The van der Waals surface area contributed by atoms with Gasteiger partial charge in [0.05, 0.1) is 28.3 Å². The number of nitriles is 1. The van der Waals surface area contributed by atoms with E-state index in [-0.39, 0.29) is 47.7 Å². The first-order chi connectivity index (χ1) is 28.0. The summed E-state index contributed by atoms with van der Waals surface area (Å²) >= 11 is 6.31. The van der Waals surface area contributed by atoms with Gasteiger partial charge in [-0.3, -0.25) is 43.9 Å². The molecule has 0 bridgehead atoms. The van der Waals surface area contributed by atoms with Crippen molar-refractivity contribution in [1.29, 1.82) is 5.26 Å². The molecule has 6 amide bonds. The predicted octanol–water partition coefficient (Wildman–Crippen LogP) is 3.41. The van der Waals surface area contributed by atoms with E-state index in [1.165, 1.54) is 0 Å². The molecule has 1 unspecified atom stereocenters. The number of nitrogens with one attached hydrogen (secondary N) is 1. The number of piperazine rings is 1. The molecule has 1 atom stereocenters. The number of nitrogens with zero attached hydrogens (tertiary/aromatic N) is 7. The van der Waals surface area contributed by atoms with Gasteiger partial charge in [0.1, 0.15) is 12.1 Å². The van der Waals surface area contributed by atoms with E-state index in [9.17, 15) is 34.0 Å². The Morgan fingerprint density at radius 1 is 0.776 bits per heavy atom. The summed E-state index contributed by atoms with van der Waals surface area (Å²) in [7, 11) is 0. The van der Waals surface area contributed by atoms with E-state index in [2.05, 4.69) is 26.1 Å². The van der Waals surface area contributed by atoms with Gasteiger partial charge in [0.2, 0.25) is 17.7 Å². The van der Waals surface area contributed by atoms with Crippen molar-refractivity contribution >= 4 is 58.4 Å². The second-order valence-corrected chi connectivity index (χ2v) is 16.8. The number of imide groups is 2. The Labute approximate surface area is 340 Å². The molecule has 9 rings (SSSR count). The zero-order chi connectivity index (χ0) is 40.3. The summed E-state index contributed by atoms with van der Waals surface area (Å²) in [5.74, 6) is -2.14. The molecule has 4 saturated heterocycles. The molecule has 14 nitrogen and oxygen atoms in total. The number of halogens is 1. The van der Waals surface area contributed by atoms with Crippen LogP contribution in [0.1, 0.15) is 79.9 Å². The number of likely N-dealkylation sites (tertiary alicyclic amines) is 1. The van der Waals surface area contributed by atoms with Crippen molar-refractivity contribution in [3.8, 4) is 6.07 Å². The first-order valence-corrected chi connectivity index (χ1v) is 20.3. The molecule has 298 valence electrons. The highest BCUT2D eigenvalue weighted by atomic mass is 35.5. The first-order valence-electron chi connectivity index (χ1n) is 20.0. The third-order valence-corrected chi connectivity index (χ3v) is 13.3. The maximum absolute atomic E-state index is 13.5. The fourth-order valence-corrected chi connectivity index (χ4v) is 9.75. The summed E-state index contributed by atoms with van der Waals surface area (Å²) in [6.07, 6.45) is 3.13. The molecule has 3 aromatic rings. The monoisotopic (exact) mass is 802 g/mol. The zero-order valence-corrected chi connectivity index (χ0v) is 32.8. The van der Waals surface area contributed by atoms with Crippen molar-refractivity contribution < 1.29 is 28.8 Å². The molecule has 6 aliphatic rings. The van der Waals surface area contributed by atoms with Crippen molar-refractivity contribution in [1.82, 2.24) is 24.9 Å². The predicted molar refractivity (Wildman–Crippen MR) is 213 cm³/mol. The van der Waals surface area contributed by atoms with Crippen molar-refractivity contribution in [3.05, 3.63) is 93.0 Å². The van der Waals surface area contributed by atoms with Gasteiger partial charge in [-0.25, -0.2) is 0 Å². The van der Waals surface area contributed by atoms with Gasteiger partial charge in [-0.1, -0.05) is 11.6 Å². The van der Waals surface area contributed by atoms with Crippen LogP contribution in [0.25, 0.3) is 0 Å². The Morgan fingerprint density at radius 2 is 1.41 bits per heavy atom. The minimum absolute atomic E-state index is 0.0272. The van der Waals surface area contributed by atoms with Gasteiger partial charge in [-0.15, -0.1) is 0 Å². The molecular formula is C43H43ClN8O6. The highest BCUT2D eigenvalue weighted by molar-refractivity contribution is 6.32. The lowest BCUT2D eigenvalue weighted by Gasteiger charge is -2.39. The highest BCUT2D eigenvalue weighted by Gasteiger charge is 2.46. The topological polar surface area (TPSA) is 158 Å². The maximum atomic E-state index is 13.5. The van der Waals surface area contributed by atoms with Crippen LogP contribution >= 0.6 is 11.6 Å². The standard InChI is InChI=1S/C43H43ClN8O6/c44-35-21-32(6-3-28(35)22-45)50-14-11-43(26-50)9-12-49(13-10-43)40(56)27-1-4-31(5-2-27)48-17-15-47(16-18-48)25-38(54)51-23-29-19-33-34(20-30(29)24-51)42(58)52(41(33)57)36-7-8-37(53)46-39(36)55/h1-6,19-21,36H,7-18,23-26H2,(H,46,53,55). The highest BCUT2D eigenvalue weighted by Crippen LogP contribution is 2.43. The summed E-state index contributed by atoms with van der Waals surface area (Å²) < 4.78 is 0. The number of rotatable bonds is 6. The summed E-state index contributed by atoms with van der Waals surface area (Å²) in [6, 6.07) is 17.9. The van der Waals surface area contributed by atoms with Gasteiger partial charge in [0.25, 0.3) is 17.7 Å². The van der Waals surface area contributed by atoms with Crippen molar-refractivity contribution in [2.75, 3.05) is 68.7 Å². The molecular weight excluding hydrogens is 760 g/mol. The number of hydrogen-bond acceptors (Lipinski definition) is 10. The van der Waals surface area contributed by atoms with Crippen LogP contribution in [-0.2, 0) is 27.5 Å². The minimum atomic E-state index is -1.02. The molecule has 4 fully saturated rings. The number of hydrogen-bond donors (Lipinski definition) is 1. The quantitative estimate of drug-likeness (QED) is 0.367. The molecule has 0 radical (unpaired) electrons. The lowest BCUT2D eigenvalue weighted by Crippen LogP contribution is -2.54. The van der Waals surface area contributed by atoms with E-state index < -0.39 is 29.7 Å². The van der Waals surface area contributed by atoms with Crippen LogP contribution in [0.15, 0.2) is 54.6 Å². The molecule has 6 aliphatic heterocycles. The number of carbonyl (C=O) groups is 6. The summed E-state index contributed by atoms with van der Waals surface area (Å²) in [5.41, 5.74) is 5.47. The Kier molecular flexibility index (Phi) is 9.68. The molecule has 58 heavy (non-hydrogen) atoms. The van der Waals surface area contributed by atoms with Gasteiger partial charge < -0.3 is 19.6 Å². The number of benzene rings is 3. The molecule has 6 heterocycles. The van der Waals surface area contributed by atoms with E-state index in [0.717, 1.165) is 85.9 Å². The summed E-state index contributed by atoms with van der Waals surface area (Å²) in [5, 5.41) is 11.9. The Hall–Kier alpha value is -5.78. The minimum Gasteiger partial charge on any atom is -0.371 e. The Bertz CT molecular complexity index is 2250. The van der Waals surface area contributed by atoms with Crippen LogP contribution in [0.5, 0.6) is 0 Å². The van der Waals surface area contributed by atoms with Crippen molar-refractivity contribution in [2.24, 2.45) is 5.41 Å². The number of piperidine rings is 2. The Balaban J connectivity index is 0.735. The number of anilines is 2. The van der Waals surface area contributed by atoms with Crippen LogP contribution < -0.4 is 15.1 Å². The normalized spacial score (nSPS) is 21.7. The fourth-order valence-electron chi connectivity index (χ4n) is 9.54. The van der Waals surface area contributed by atoms with Gasteiger partial charge in [0.15, 0.2) is 0 Å². The maximum Gasteiger partial charge on any atom is 0.262 e. The number of fused-ring (bicyclic) bond motifs is 2. The number of carbonyl (C=O) groups excluding carboxylic acids is 6. The summed E-state index contributed by atoms with van der Waals surface area (Å²) in [6.45, 7) is 7.10. The second-order valence-electron chi connectivity index (χ2n) is 16.4.